The minimum atomic E-state index is -0.584. The largest absolute Gasteiger partial charge is 0.342 e. The molecule has 1 aromatic heterocycles. The molecule has 0 aliphatic heterocycles. The van der Waals surface area contributed by atoms with Crippen molar-refractivity contribution >= 4 is 11.8 Å². The van der Waals surface area contributed by atoms with Gasteiger partial charge in [-0.25, -0.2) is 0 Å². The molecule has 92 valence electrons. The van der Waals surface area contributed by atoms with E-state index in [4.69, 9.17) is 0 Å². The molecule has 0 saturated carbocycles. The van der Waals surface area contributed by atoms with E-state index in [1.54, 1.807) is 18.3 Å². The lowest BCUT2D eigenvalue weighted by molar-refractivity contribution is -0.145. The van der Waals surface area contributed by atoms with E-state index in [0.29, 0.717) is 13.1 Å². The van der Waals surface area contributed by atoms with Gasteiger partial charge in [0.25, 0.3) is 0 Å². The van der Waals surface area contributed by atoms with Gasteiger partial charge in [0.15, 0.2) is 0 Å². The maximum Gasteiger partial charge on any atom is 0.311 e. The van der Waals surface area contributed by atoms with Gasteiger partial charge < -0.3 is 10.2 Å². The summed E-state index contributed by atoms with van der Waals surface area (Å²) in [6.45, 7) is 5.02. The Morgan fingerprint density at radius 3 is 2.53 bits per heavy atom. The minimum absolute atomic E-state index is 0.271. The average Bonchev–Trinajstić information content (AvgIpc) is 2.38. The molecule has 0 aliphatic carbocycles. The molecule has 5 nitrogen and oxygen atoms in total. The highest BCUT2D eigenvalue weighted by Crippen LogP contribution is 1.93. The van der Waals surface area contributed by atoms with Crippen molar-refractivity contribution in [2.45, 2.75) is 20.4 Å². The first-order valence-corrected chi connectivity index (χ1v) is 5.66. The van der Waals surface area contributed by atoms with E-state index in [1.165, 1.54) is 4.90 Å². The first-order valence-electron chi connectivity index (χ1n) is 5.66. The smallest absolute Gasteiger partial charge is 0.311 e. The third-order valence-electron chi connectivity index (χ3n) is 2.40. The summed E-state index contributed by atoms with van der Waals surface area (Å²) in [5.41, 5.74) is 0.730. The molecule has 1 rings (SSSR count). The third kappa shape index (κ3) is 3.86. The highest BCUT2D eigenvalue weighted by Gasteiger charge is 2.18. The first-order chi connectivity index (χ1) is 8.19. The maximum atomic E-state index is 11.6. The lowest BCUT2D eigenvalue weighted by Crippen LogP contribution is -2.42. The second kappa shape index (κ2) is 6.62. The van der Waals surface area contributed by atoms with Crippen molar-refractivity contribution in [3.8, 4) is 0 Å². The fourth-order valence-corrected chi connectivity index (χ4v) is 1.40. The van der Waals surface area contributed by atoms with E-state index >= 15 is 0 Å². The van der Waals surface area contributed by atoms with Gasteiger partial charge in [0.05, 0.1) is 12.2 Å². The van der Waals surface area contributed by atoms with Gasteiger partial charge in [-0.2, -0.15) is 0 Å². The van der Waals surface area contributed by atoms with Crippen molar-refractivity contribution in [3.05, 3.63) is 30.1 Å². The molecule has 0 fully saturated rings. The molecule has 0 unspecified atom stereocenters. The van der Waals surface area contributed by atoms with Gasteiger partial charge in [0.1, 0.15) is 0 Å². The molecule has 1 aromatic rings. The molecule has 0 radical (unpaired) electrons. The van der Waals surface area contributed by atoms with Crippen LogP contribution in [0.5, 0.6) is 0 Å². The summed E-state index contributed by atoms with van der Waals surface area (Å²) in [6, 6.07) is 5.43. The van der Waals surface area contributed by atoms with Crippen LogP contribution in [0.15, 0.2) is 24.4 Å². The zero-order chi connectivity index (χ0) is 12.7. The summed E-state index contributed by atoms with van der Waals surface area (Å²) in [7, 11) is 0. The van der Waals surface area contributed by atoms with Crippen LogP contribution < -0.4 is 5.32 Å². The SMILES string of the molecule is CCN(CC)C(=O)C(=O)NCc1ccccn1. The normalized spacial score (nSPS) is 9.76. The minimum Gasteiger partial charge on any atom is -0.342 e. The van der Waals surface area contributed by atoms with Crippen molar-refractivity contribution in [2.24, 2.45) is 0 Å². The number of aromatic nitrogens is 1. The number of nitrogens with one attached hydrogen (secondary N) is 1. The van der Waals surface area contributed by atoms with E-state index in [2.05, 4.69) is 10.3 Å². The highest BCUT2D eigenvalue weighted by atomic mass is 16.2. The van der Waals surface area contributed by atoms with Crippen LogP contribution in [-0.4, -0.2) is 34.8 Å². The molecule has 0 spiro atoms. The predicted octanol–water partition coefficient (Wildman–Crippen LogP) is 0.566. The van der Waals surface area contributed by atoms with Crippen LogP contribution in [0.4, 0.5) is 0 Å². The molecule has 0 saturated heterocycles. The van der Waals surface area contributed by atoms with Crippen LogP contribution in [-0.2, 0) is 16.1 Å². The molecular formula is C12H17N3O2. The standard InChI is InChI=1S/C12H17N3O2/c1-3-15(4-2)12(17)11(16)14-9-10-7-5-6-8-13-10/h5-8H,3-4,9H2,1-2H3,(H,14,16). The Balaban J connectivity index is 2.47. The molecule has 0 aliphatic rings. The molecule has 2 amide bonds. The van der Waals surface area contributed by atoms with Gasteiger partial charge in [-0.3, -0.25) is 14.6 Å². The summed E-state index contributed by atoms with van der Waals surface area (Å²) < 4.78 is 0. The van der Waals surface area contributed by atoms with E-state index in [0.717, 1.165) is 5.69 Å². The quantitative estimate of drug-likeness (QED) is 0.776. The van der Waals surface area contributed by atoms with Crippen molar-refractivity contribution in [1.82, 2.24) is 15.2 Å². The van der Waals surface area contributed by atoms with Crippen molar-refractivity contribution in [3.63, 3.8) is 0 Å². The summed E-state index contributed by atoms with van der Waals surface area (Å²) in [6.07, 6.45) is 1.65. The topological polar surface area (TPSA) is 62.3 Å². The van der Waals surface area contributed by atoms with E-state index in [1.807, 2.05) is 19.9 Å². The van der Waals surface area contributed by atoms with Crippen LogP contribution in [0.2, 0.25) is 0 Å². The monoisotopic (exact) mass is 235 g/mol. The predicted molar refractivity (Wildman–Crippen MR) is 64.0 cm³/mol. The Labute approximate surface area is 101 Å². The van der Waals surface area contributed by atoms with Crippen LogP contribution in [0, 0.1) is 0 Å². The molecule has 0 aromatic carbocycles. The first kappa shape index (κ1) is 13.2. The number of carbonyl (C=O) groups excluding carboxylic acids is 2. The van der Waals surface area contributed by atoms with Crippen LogP contribution in [0.25, 0.3) is 0 Å². The van der Waals surface area contributed by atoms with Crippen LogP contribution >= 0.6 is 0 Å². The van der Waals surface area contributed by atoms with Gasteiger partial charge in [-0.05, 0) is 26.0 Å². The highest BCUT2D eigenvalue weighted by molar-refractivity contribution is 6.34. The van der Waals surface area contributed by atoms with E-state index in [-0.39, 0.29) is 6.54 Å². The number of hydrogen-bond acceptors (Lipinski definition) is 3. The van der Waals surface area contributed by atoms with E-state index < -0.39 is 11.8 Å². The number of likely N-dealkylation sites (N-methyl/N-ethyl adjacent to an activating group) is 1. The Bertz CT molecular complexity index is 375. The Kier molecular flexibility index (Phi) is 5.13. The lowest BCUT2D eigenvalue weighted by atomic mass is 10.3. The van der Waals surface area contributed by atoms with Gasteiger partial charge >= 0.3 is 11.8 Å². The third-order valence-corrected chi connectivity index (χ3v) is 2.40. The summed E-state index contributed by atoms with van der Waals surface area (Å²) in [4.78, 5) is 28.7. The van der Waals surface area contributed by atoms with Gasteiger partial charge in [-0.1, -0.05) is 6.07 Å². The zero-order valence-corrected chi connectivity index (χ0v) is 10.1. The number of rotatable bonds is 4. The molecule has 0 atom stereocenters. The fraction of sp³-hybridized carbons (Fsp3) is 0.417. The molecule has 5 heteroatoms. The number of pyridine rings is 1. The number of amides is 2. The zero-order valence-electron chi connectivity index (χ0n) is 10.1. The van der Waals surface area contributed by atoms with Crippen molar-refractivity contribution < 1.29 is 9.59 Å². The number of nitrogens with zero attached hydrogens (tertiary/aromatic N) is 2. The molecule has 1 N–H and O–H groups in total. The Hall–Kier alpha value is -1.91. The summed E-state index contributed by atoms with van der Waals surface area (Å²) >= 11 is 0. The molecule has 1 heterocycles. The van der Waals surface area contributed by atoms with Crippen molar-refractivity contribution in [1.29, 1.82) is 0 Å². The molecular weight excluding hydrogens is 218 g/mol. The van der Waals surface area contributed by atoms with Crippen LogP contribution in [0.1, 0.15) is 19.5 Å². The Morgan fingerprint density at radius 1 is 1.29 bits per heavy atom. The van der Waals surface area contributed by atoms with E-state index in [9.17, 15) is 9.59 Å². The summed E-state index contributed by atoms with van der Waals surface area (Å²) in [5, 5.41) is 2.56. The number of hydrogen-bond donors (Lipinski definition) is 1. The fourth-order valence-electron chi connectivity index (χ4n) is 1.40. The maximum absolute atomic E-state index is 11.6. The van der Waals surface area contributed by atoms with Gasteiger partial charge in [0, 0.05) is 19.3 Å². The second-order valence-electron chi connectivity index (χ2n) is 3.48. The number of carbonyl (C=O) groups is 2. The average molecular weight is 235 g/mol. The van der Waals surface area contributed by atoms with Crippen LogP contribution in [0.3, 0.4) is 0 Å². The van der Waals surface area contributed by atoms with Gasteiger partial charge in [-0.15, -0.1) is 0 Å². The van der Waals surface area contributed by atoms with Crippen molar-refractivity contribution in [2.75, 3.05) is 13.1 Å². The second-order valence-corrected chi connectivity index (χ2v) is 3.48. The molecule has 0 bridgehead atoms. The lowest BCUT2D eigenvalue weighted by Gasteiger charge is -2.17. The van der Waals surface area contributed by atoms with Gasteiger partial charge in [0.2, 0.25) is 0 Å². The Morgan fingerprint density at radius 2 is 2.00 bits per heavy atom. The summed E-state index contributed by atoms with van der Waals surface area (Å²) in [5.74, 6) is -1.08. The molecule has 17 heavy (non-hydrogen) atoms.